The first-order chi connectivity index (χ1) is 14.4. The normalized spacial score (nSPS) is 10.7. The number of anilines is 1. The summed E-state index contributed by atoms with van der Waals surface area (Å²) in [4.78, 5) is 37.6. The van der Waals surface area contributed by atoms with E-state index in [9.17, 15) is 14.4 Å². The molecule has 0 spiro atoms. The van der Waals surface area contributed by atoms with Crippen LogP contribution >= 0.6 is 0 Å². The first kappa shape index (κ1) is 19.3. The number of hydrogen-bond donors (Lipinski definition) is 1. The van der Waals surface area contributed by atoms with Crippen LogP contribution in [-0.2, 0) is 4.79 Å². The van der Waals surface area contributed by atoms with E-state index >= 15 is 0 Å². The molecule has 0 bridgehead atoms. The molecule has 4 rings (SSSR count). The fourth-order valence-electron chi connectivity index (χ4n) is 3.42. The summed E-state index contributed by atoms with van der Waals surface area (Å²) in [5.74, 6) is -1.52. The minimum absolute atomic E-state index is 0.114. The van der Waals surface area contributed by atoms with Gasteiger partial charge in [-0.15, -0.1) is 0 Å². The number of nitrogens with zero attached hydrogens (tertiary/aromatic N) is 1. The van der Waals surface area contributed by atoms with Crippen LogP contribution in [0, 0.1) is 6.92 Å². The number of rotatable bonds is 5. The van der Waals surface area contributed by atoms with Crippen LogP contribution < -0.4 is 5.32 Å². The summed E-state index contributed by atoms with van der Waals surface area (Å²) in [7, 11) is 0. The third kappa shape index (κ3) is 3.65. The van der Waals surface area contributed by atoms with E-state index in [0.29, 0.717) is 22.5 Å². The highest BCUT2D eigenvalue weighted by Gasteiger charge is 2.25. The maximum atomic E-state index is 13.2. The number of ketones is 2. The Morgan fingerprint density at radius 3 is 2.37 bits per heavy atom. The minimum atomic E-state index is -0.757. The van der Waals surface area contributed by atoms with E-state index in [2.05, 4.69) is 5.32 Å². The molecular formula is C25H20N2O3. The molecule has 5 heteroatoms. The molecule has 4 aromatic rings. The lowest BCUT2D eigenvalue weighted by molar-refractivity contribution is -0.112. The fourth-order valence-corrected chi connectivity index (χ4v) is 3.42. The smallest absolute Gasteiger partial charge is 0.298 e. The zero-order valence-corrected chi connectivity index (χ0v) is 16.7. The Balaban J connectivity index is 1.74. The lowest BCUT2D eigenvalue weighted by Gasteiger charge is -2.08. The molecule has 0 saturated carbocycles. The Hall–Kier alpha value is -3.99. The van der Waals surface area contributed by atoms with Crippen molar-refractivity contribution in [3.8, 4) is 11.1 Å². The highest BCUT2D eigenvalue weighted by molar-refractivity contribution is 6.47. The molecule has 2 heterocycles. The van der Waals surface area contributed by atoms with Crippen molar-refractivity contribution in [2.45, 2.75) is 13.8 Å². The second kappa shape index (κ2) is 7.79. The van der Waals surface area contributed by atoms with Crippen LogP contribution in [0.15, 0.2) is 79.0 Å². The second-order valence-electron chi connectivity index (χ2n) is 7.19. The lowest BCUT2D eigenvalue weighted by atomic mass is 10.0. The Bertz CT molecular complexity index is 1280. The number of nitrogens with one attached hydrogen (secondary N) is 1. The molecule has 2 aromatic heterocycles. The van der Waals surface area contributed by atoms with Gasteiger partial charge in [0.15, 0.2) is 5.78 Å². The van der Waals surface area contributed by atoms with Gasteiger partial charge in [-0.2, -0.15) is 0 Å². The van der Waals surface area contributed by atoms with Gasteiger partial charge >= 0.3 is 0 Å². The molecular weight excluding hydrogens is 376 g/mol. The fraction of sp³-hybridized carbons (Fsp3) is 0.0800. The van der Waals surface area contributed by atoms with Crippen LogP contribution in [0.4, 0.5) is 5.69 Å². The van der Waals surface area contributed by atoms with E-state index in [1.165, 1.54) is 6.92 Å². The highest BCUT2D eigenvalue weighted by Crippen LogP contribution is 2.29. The van der Waals surface area contributed by atoms with Crippen molar-refractivity contribution >= 4 is 28.7 Å². The predicted octanol–water partition coefficient (Wildman–Crippen LogP) is 4.94. The number of benzene rings is 2. The summed E-state index contributed by atoms with van der Waals surface area (Å²) in [6.07, 6.45) is 1.77. The summed E-state index contributed by atoms with van der Waals surface area (Å²) in [5.41, 5.74) is 4.65. The van der Waals surface area contributed by atoms with Gasteiger partial charge in [0.2, 0.25) is 0 Å². The molecule has 1 N–H and O–H groups in total. The third-order valence-corrected chi connectivity index (χ3v) is 4.99. The quantitative estimate of drug-likeness (QED) is 0.384. The highest BCUT2D eigenvalue weighted by atomic mass is 16.2. The van der Waals surface area contributed by atoms with E-state index in [1.807, 2.05) is 55.5 Å². The second-order valence-corrected chi connectivity index (χ2v) is 7.19. The van der Waals surface area contributed by atoms with Gasteiger partial charge in [-0.1, -0.05) is 48.0 Å². The number of Topliss-reactive ketones (excluding diaryl/α,β-unsaturated/α-hetero) is 2. The SMILES string of the molecule is CC(=O)c1cccc(NC(=O)C(=O)c2c(-c3ccc(C)cc3)cc3ccccn23)c1. The Morgan fingerprint density at radius 1 is 0.867 bits per heavy atom. The largest absolute Gasteiger partial charge is 0.319 e. The Labute approximate surface area is 174 Å². The Kier molecular flexibility index (Phi) is 5.02. The maximum absolute atomic E-state index is 13.2. The summed E-state index contributed by atoms with van der Waals surface area (Å²) in [6.45, 7) is 3.45. The van der Waals surface area contributed by atoms with E-state index in [4.69, 9.17) is 0 Å². The van der Waals surface area contributed by atoms with Crippen LogP contribution in [0.25, 0.3) is 16.6 Å². The molecule has 0 fully saturated rings. The van der Waals surface area contributed by atoms with Gasteiger partial charge in [0, 0.05) is 28.5 Å². The van der Waals surface area contributed by atoms with E-state index in [1.54, 1.807) is 34.9 Å². The van der Waals surface area contributed by atoms with Crippen molar-refractivity contribution in [2.75, 3.05) is 5.32 Å². The van der Waals surface area contributed by atoms with E-state index in [-0.39, 0.29) is 5.78 Å². The molecule has 0 aliphatic rings. The number of fused-ring (bicyclic) bond motifs is 1. The molecule has 5 nitrogen and oxygen atoms in total. The van der Waals surface area contributed by atoms with Crippen molar-refractivity contribution in [3.63, 3.8) is 0 Å². The molecule has 0 saturated heterocycles. The van der Waals surface area contributed by atoms with E-state index in [0.717, 1.165) is 16.6 Å². The number of carbonyl (C=O) groups excluding carboxylic acids is 3. The molecule has 0 aliphatic heterocycles. The number of pyridine rings is 1. The summed E-state index contributed by atoms with van der Waals surface area (Å²) >= 11 is 0. The third-order valence-electron chi connectivity index (χ3n) is 4.99. The number of aryl methyl sites for hydroxylation is 1. The molecule has 1 amide bonds. The van der Waals surface area contributed by atoms with Crippen molar-refractivity contribution in [1.82, 2.24) is 4.40 Å². The van der Waals surface area contributed by atoms with Crippen molar-refractivity contribution in [1.29, 1.82) is 0 Å². The van der Waals surface area contributed by atoms with Gasteiger partial charge in [-0.3, -0.25) is 14.4 Å². The average molecular weight is 396 g/mol. The van der Waals surface area contributed by atoms with Crippen molar-refractivity contribution < 1.29 is 14.4 Å². The van der Waals surface area contributed by atoms with Crippen LogP contribution in [0.1, 0.15) is 33.3 Å². The lowest BCUT2D eigenvalue weighted by Crippen LogP contribution is -2.24. The van der Waals surface area contributed by atoms with Gasteiger partial charge in [0.05, 0.1) is 0 Å². The summed E-state index contributed by atoms with van der Waals surface area (Å²) < 4.78 is 1.73. The topological polar surface area (TPSA) is 67.7 Å². The number of hydrogen-bond acceptors (Lipinski definition) is 3. The van der Waals surface area contributed by atoms with Crippen LogP contribution in [0.5, 0.6) is 0 Å². The average Bonchev–Trinajstić information content (AvgIpc) is 3.13. The van der Waals surface area contributed by atoms with E-state index < -0.39 is 11.7 Å². The standard InChI is InChI=1S/C25H20N2O3/c1-16-9-11-18(12-10-16)22-15-21-8-3-4-13-27(21)23(22)24(29)25(30)26-20-7-5-6-19(14-20)17(2)28/h3-15H,1-2H3,(H,26,30). The van der Waals surface area contributed by atoms with Crippen LogP contribution in [0.2, 0.25) is 0 Å². The van der Waals surface area contributed by atoms with Crippen molar-refractivity contribution in [2.24, 2.45) is 0 Å². The molecule has 148 valence electrons. The first-order valence-electron chi connectivity index (χ1n) is 9.58. The molecule has 0 atom stereocenters. The maximum Gasteiger partial charge on any atom is 0.298 e. The molecule has 2 aromatic carbocycles. The molecule has 30 heavy (non-hydrogen) atoms. The molecule has 0 unspecified atom stereocenters. The van der Waals surface area contributed by atoms with Crippen LogP contribution in [-0.4, -0.2) is 21.9 Å². The number of amides is 1. The van der Waals surface area contributed by atoms with Gasteiger partial charge < -0.3 is 9.72 Å². The molecule has 0 radical (unpaired) electrons. The first-order valence-corrected chi connectivity index (χ1v) is 9.58. The van der Waals surface area contributed by atoms with Gasteiger partial charge in [-0.05, 0) is 49.7 Å². The minimum Gasteiger partial charge on any atom is -0.319 e. The monoisotopic (exact) mass is 396 g/mol. The van der Waals surface area contributed by atoms with Crippen molar-refractivity contribution in [3.05, 3.63) is 95.8 Å². The predicted molar refractivity (Wildman–Crippen MR) is 117 cm³/mol. The Morgan fingerprint density at radius 2 is 1.63 bits per heavy atom. The zero-order chi connectivity index (χ0) is 21.3. The molecule has 0 aliphatic carbocycles. The van der Waals surface area contributed by atoms with Gasteiger partial charge in [-0.25, -0.2) is 0 Å². The van der Waals surface area contributed by atoms with Crippen LogP contribution in [0.3, 0.4) is 0 Å². The summed E-state index contributed by atoms with van der Waals surface area (Å²) in [6, 6.07) is 21.9. The zero-order valence-electron chi connectivity index (χ0n) is 16.7. The number of carbonyl (C=O) groups is 3. The van der Waals surface area contributed by atoms with Gasteiger partial charge in [0.1, 0.15) is 5.69 Å². The van der Waals surface area contributed by atoms with Gasteiger partial charge in [0.25, 0.3) is 11.7 Å². The summed E-state index contributed by atoms with van der Waals surface area (Å²) in [5, 5.41) is 2.62. The number of aromatic nitrogens is 1.